The van der Waals surface area contributed by atoms with Crippen molar-refractivity contribution >= 4 is 17.1 Å². The highest BCUT2D eigenvalue weighted by Crippen LogP contribution is 2.09. The molecule has 0 bridgehead atoms. The third kappa shape index (κ3) is 2.40. The average molecular weight is 284 g/mol. The smallest absolute Gasteiger partial charge is 0.374 e. The van der Waals surface area contributed by atoms with Crippen molar-refractivity contribution in [1.82, 2.24) is 19.5 Å². The van der Waals surface area contributed by atoms with Gasteiger partial charge in [-0.2, -0.15) is 0 Å². The van der Waals surface area contributed by atoms with E-state index in [4.69, 9.17) is 0 Å². The van der Waals surface area contributed by atoms with Gasteiger partial charge in [-0.1, -0.05) is 30.3 Å². The lowest BCUT2D eigenvalue weighted by Crippen LogP contribution is -2.17. The summed E-state index contributed by atoms with van der Waals surface area (Å²) in [6, 6.07) is 9.69. The monoisotopic (exact) mass is 284 g/mol. The number of nitrogens with zero attached hydrogens (tertiary/aromatic N) is 3. The second-order valence-corrected chi connectivity index (χ2v) is 4.44. The highest BCUT2D eigenvalue weighted by Gasteiger charge is 2.15. The van der Waals surface area contributed by atoms with Crippen LogP contribution in [0.4, 0.5) is 0 Å². The van der Waals surface area contributed by atoms with Gasteiger partial charge in [0.05, 0.1) is 20.0 Å². The van der Waals surface area contributed by atoms with Crippen LogP contribution in [0.15, 0.2) is 41.5 Å². The summed E-state index contributed by atoms with van der Waals surface area (Å²) in [5.74, 6) is -0.828. The number of carbonyl (C=O) groups excluding carboxylic acids is 1. The summed E-state index contributed by atoms with van der Waals surface area (Å²) < 4.78 is 6.29. The first-order chi connectivity index (χ1) is 10.2. The Hall–Kier alpha value is -2.96. The fraction of sp³-hybridized carbons (Fsp3) is 0.143. The number of aromatic amines is 1. The maximum Gasteiger partial charge on any atom is 0.374 e. The fourth-order valence-electron chi connectivity index (χ4n) is 2.04. The minimum atomic E-state index is -0.693. The first kappa shape index (κ1) is 13.0. The Morgan fingerprint density at radius 3 is 2.81 bits per heavy atom. The van der Waals surface area contributed by atoms with Crippen LogP contribution in [0.1, 0.15) is 16.2 Å². The fourth-order valence-corrected chi connectivity index (χ4v) is 2.04. The van der Waals surface area contributed by atoms with Crippen LogP contribution in [0, 0.1) is 0 Å². The average Bonchev–Trinajstić information content (AvgIpc) is 2.91. The number of ether oxygens (including phenoxy) is 1. The standard InChI is InChI=1S/C14H12N4O3/c1-21-14(20)11-16-12-10(13(19)17-11)15-8-18(12)7-9-5-3-2-4-6-9/h2-6,8H,7H2,1H3,(H,16,17,19). The number of methoxy groups -OCH3 is 1. The molecule has 0 spiro atoms. The quantitative estimate of drug-likeness (QED) is 0.723. The molecule has 106 valence electrons. The number of carbonyl (C=O) groups is 1. The van der Waals surface area contributed by atoms with Gasteiger partial charge in [0, 0.05) is 0 Å². The van der Waals surface area contributed by atoms with E-state index < -0.39 is 11.5 Å². The maximum atomic E-state index is 11.9. The Balaban J connectivity index is 2.10. The number of imidazole rings is 1. The van der Waals surface area contributed by atoms with Gasteiger partial charge in [0.25, 0.3) is 5.56 Å². The molecule has 21 heavy (non-hydrogen) atoms. The van der Waals surface area contributed by atoms with Gasteiger partial charge in [0.2, 0.25) is 5.82 Å². The number of hydrogen-bond acceptors (Lipinski definition) is 5. The summed E-state index contributed by atoms with van der Waals surface area (Å²) in [7, 11) is 1.23. The Kier molecular flexibility index (Phi) is 3.23. The molecule has 7 heteroatoms. The van der Waals surface area contributed by atoms with Crippen molar-refractivity contribution in [2.24, 2.45) is 0 Å². The summed E-state index contributed by atoms with van der Waals surface area (Å²) >= 11 is 0. The Morgan fingerprint density at radius 2 is 2.10 bits per heavy atom. The SMILES string of the molecule is COC(=O)c1nc2c(ncn2Cc2ccccc2)c(=O)[nH]1. The zero-order chi connectivity index (χ0) is 14.8. The van der Waals surface area contributed by atoms with Crippen LogP contribution >= 0.6 is 0 Å². The molecule has 0 aliphatic rings. The summed E-state index contributed by atoms with van der Waals surface area (Å²) in [6.45, 7) is 0.508. The molecule has 3 rings (SSSR count). The number of nitrogens with one attached hydrogen (secondary N) is 1. The minimum Gasteiger partial charge on any atom is -0.463 e. The molecule has 7 nitrogen and oxygen atoms in total. The summed E-state index contributed by atoms with van der Waals surface area (Å²) in [6.07, 6.45) is 1.53. The molecular formula is C14H12N4O3. The van der Waals surface area contributed by atoms with E-state index in [2.05, 4.69) is 19.7 Å². The predicted octanol–water partition coefficient (Wildman–Crippen LogP) is 0.954. The van der Waals surface area contributed by atoms with Crippen LogP contribution in [0.5, 0.6) is 0 Å². The molecule has 1 aromatic carbocycles. The molecule has 0 radical (unpaired) electrons. The Labute approximate surface area is 119 Å². The van der Waals surface area contributed by atoms with Crippen molar-refractivity contribution in [3.8, 4) is 0 Å². The van der Waals surface area contributed by atoms with Gasteiger partial charge in [-0.05, 0) is 5.56 Å². The number of aromatic nitrogens is 4. The molecule has 0 saturated carbocycles. The van der Waals surface area contributed by atoms with E-state index >= 15 is 0 Å². The minimum absolute atomic E-state index is 0.134. The highest BCUT2D eigenvalue weighted by molar-refractivity contribution is 5.87. The van der Waals surface area contributed by atoms with Crippen molar-refractivity contribution < 1.29 is 9.53 Å². The van der Waals surface area contributed by atoms with E-state index in [1.54, 1.807) is 4.57 Å². The molecule has 0 atom stereocenters. The Morgan fingerprint density at radius 1 is 1.33 bits per heavy atom. The normalized spacial score (nSPS) is 10.7. The molecule has 0 amide bonds. The zero-order valence-corrected chi connectivity index (χ0v) is 11.2. The zero-order valence-electron chi connectivity index (χ0n) is 11.2. The summed E-state index contributed by atoms with van der Waals surface area (Å²) in [5.41, 5.74) is 1.12. The molecule has 2 heterocycles. The van der Waals surface area contributed by atoms with Crippen LogP contribution in [-0.2, 0) is 11.3 Å². The number of rotatable bonds is 3. The highest BCUT2D eigenvalue weighted by atomic mass is 16.5. The van der Waals surface area contributed by atoms with Gasteiger partial charge in [-0.3, -0.25) is 9.78 Å². The van der Waals surface area contributed by atoms with Crippen molar-refractivity contribution in [2.45, 2.75) is 6.54 Å². The number of H-pyrrole nitrogens is 1. The molecule has 0 fully saturated rings. The lowest BCUT2D eigenvalue weighted by Gasteiger charge is -2.04. The van der Waals surface area contributed by atoms with Gasteiger partial charge in [0.1, 0.15) is 0 Å². The van der Waals surface area contributed by atoms with Gasteiger partial charge in [-0.25, -0.2) is 14.8 Å². The van der Waals surface area contributed by atoms with Crippen LogP contribution in [0.2, 0.25) is 0 Å². The molecule has 0 unspecified atom stereocenters. The van der Waals surface area contributed by atoms with E-state index in [0.717, 1.165) is 5.56 Å². The van der Waals surface area contributed by atoms with Crippen LogP contribution in [0.25, 0.3) is 11.2 Å². The van der Waals surface area contributed by atoms with Gasteiger partial charge >= 0.3 is 5.97 Å². The third-order valence-corrected chi connectivity index (χ3v) is 3.05. The summed E-state index contributed by atoms with van der Waals surface area (Å²) in [4.78, 5) is 34.0. The maximum absolute atomic E-state index is 11.9. The molecule has 2 aromatic heterocycles. The van der Waals surface area contributed by atoms with Crippen LogP contribution < -0.4 is 5.56 Å². The van der Waals surface area contributed by atoms with E-state index in [9.17, 15) is 9.59 Å². The van der Waals surface area contributed by atoms with E-state index in [1.807, 2.05) is 30.3 Å². The number of benzene rings is 1. The number of esters is 1. The largest absolute Gasteiger partial charge is 0.463 e. The van der Waals surface area contributed by atoms with E-state index in [-0.39, 0.29) is 11.3 Å². The topological polar surface area (TPSA) is 89.9 Å². The van der Waals surface area contributed by atoms with Crippen LogP contribution in [-0.4, -0.2) is 32.6 Å². The molecular weight excluding hydrogens is 272 g/mol. The lowest BCUT2D eigenvalue weighted by atomic mass is 10.2. The van der Waals surface area contributed by atoms with Gasteiger partial charge in [-0.15, -0.1) is 0 Å². The molecule has 0 saturated heterocycles. The lowest BCUT2D eigenvalue weighted by molar-refractivity contribution is 0.0587. The number of hydrogen-bond donors (Lipinski definition) is 1. The van der Waals surface area contributed by atoms with Gasteiger partial charge < -0.3 is 9.30 Å². The molecule has 0 aliphatic heterocycles. The predicted molar refractivity (Wildman–Crippen MR) is 75.0 cm³/mol. The van der Waals surface area contributed by atoms with E-state index in [0.29, 0.717) is 12.2 Å². The Bertz CT molecular complexity index is 852. The van der Waals surface area contributed by atoms with Crippen molar-refractivity contribution in [1.29, 1.82) is 0 Å². The molecule has 1 N–H and O–H groups in total. The van der Waals surface area contributed by atoms with Gasteiger partial charge in [0.15, 0.2) is 11.2 Å². The number of fused-ring (bicyclic) bond motifs is 1. The van der Waals surface area contributed by atoms with Crippen LogP contribution in [0.3, 0.4) is 0 Å². The molecule has 3 aromatic rings. The second kappa shape index (κ2) is 5.20. The van der Waals surface area contributed by atoms with Crippen molar-refractivity contribution in [2.75, 3.05) is 7.11 Å². The van der Waals surface area contributed by atoms with Crippen molar-refractivity contribution in [3.05, 3.63) is 58.4 Å². The third-order valence-electron chi connectivity index (χ3n) is 3.05. The second-order valence-electron chi connectivity index (χ2n) is 4.44. The first-order valence-corrected chi connectivity index (χ1v) is 6.26. The molecule has 0 aliphatic carbocycles. The first-order valence-electron chi connectivity index (χ1n) is 6.26. The van der Waals surface area contributed by atoms with Crippen molar-refractivity contribution in [3.63, 3.8) is 0 Å². The van der Waals surface area contributed by atoms with E-state index in [1.165, 1.54) is 13.4 Å². The summed E-state index contributed by atoms with van der Waals surface area (Å²) in [5, 5.41) is 0.